The molecule has 1 aliphatic carbocycles. The molecule has 1 aromatic rings. The van der Waals surface area contributed by atoms with Crippen LogP contribution in [0.4, 0.5) is 0 Å². The van der Waals surface area contributed by atoms with Crippen LogP contribution >= 0.6 is 15.9 Å². The molecule has 0 spiro atoms. The molecule has 16 heavy (non-hydrogen) atoms. The van der Waals surface area contributed by atoms with Gasteiger partial charge in [-0.15, -0.1) is 0 Å². The fourth-order valence-corrected chi connectivity index (χ4v) is 3.34. The largest absolute Gasteiger partial charge is 0.454 e. The highest BCUT2D eigenvalue weighted by Crippen LogP contribution is 2.52. The number of halogens is 1. The second-order valence-corrected chi connectivity index (χ2v) is 5.35. The molecule has 3 rings (SSSR count). The maximum atomic E-state index is 5.95. The minimum absolute atomic E-state index is 0.0951. The number of hydrogen-bond donors (Lipinski definition) is 1. The van der Waals surface area contributed by atoms with E-state index in [-0.39, 0.29) is 5.41 Å². The van der Waals surface area contributed by atoms with E-state index in [1.165, 1.54) is 12.0 Å². The van der Waals surface area contributed by atoms with Crippen LogP contribution in [-0.2, 0) is 5.41 Å². The van der Waals surface area contributed by atoms with Gasteiger partial charge in [-0.25, -0.2) is 0 Å². The van der Waals surface area contributed by atoms with Crippen LogP contribution in [0.5, 0.6) is 11.5 Å². The van der Waals surface area contributed by atoms with Crippen LogP contribution in [0.2, 0.25) is 0 Å². The van der Waals surface area contributed by atoms with E-state index in [1.54, 1.807) is 0 Å². The average Bonchev–Trinajstić information content (AvgIpc) is 2.68. The first-order chi connectivity index (χ1) is 7.77. The predicted octanol–water partition coefficient (Wildman–Crippen LogP) is 2.56. The monoisotopic (exact) mass is 283 g/mol. The number of nitrogens with two attached hydrogens (primary N) is 1. The summed E-state index contributed by atoms with van der Waals surface area (Å²) in [6.45, 7) is 0.991. The summed E-state index contributed by atoms with van der Waals surface area (Å²) < 4.78 is 12.1. The zero-order valence-corrected chi connectivity index (χ0v) is 10.5. The molecular formula is C12H14BrNO2. The third kappa shape index (κ3) is 1.29. The highest BCUT2D eigenvalue weighted by molar-refractivity contribution is 9.10. The van der Waals surface area contributed by atoms with Crippen molar-refractivity contribution in [3.8, 4) is 11.5 Å². The van der Waals surface area contributed by atoms with Crippen molar-refractivity contribution in [2.75, 3.05) is 13.3 Å². The zero-order valence-electron chi connectivity index (χ0n) is 8.96. The van der Waals surface area contributed by atoms with Gasteiger partial charge in [0.1, 0.15) is 0 Å². The Morgan fingerprint density at radius 3 is 2.75 bits per heavy atom. The Morgan fingerprint density at radius 1 is 1.31 bits per heavy atom. The molecule has 2 aliphatic rings. The van der Waals surface area contributed by atoms with E-state index >= 15 is 0 Å². The van der Waals surface area contributed by atoms with Crippen LogP contribution in [-0.4, -0.2) is 13.3 Å². The summed E-state index contributed by atoms with van der Waals surface area (Å²) in [5.74, 6) is 1.73. The molecule has 1 aliphatic heterocycles. The summed E-state index contributed by atoms with van der Waals surface area (Å²) >= 11 is 3.61. The van der Waals surface area contributed by atoms with E-state index in [4.69, 9.17) is 15.2 Å². The van der Waals surface area contributed by atoms with Crippen molar-refractivity contribution in [1.82, 2.24) is 0 Å². The van der Waals surface area contributed by atoms with Crippen molar-refractivity contribution < 1.29 is 9.47 Å². The van der Waals surface area contributed by atoms with Crippen LogP contribution < -0.4 is 15.2 Å². The molecule has 86 valence electrons. The van der Waals surface area contributed by atoms with E-state index in [2.05, 4.69) is 15.9 Å². The topological polar surface area (TPSA) is 44.5 Å². The lowest BCUT2D eigenvalue weighted by molar-refractivity contribution is 0.168. The van der Waals surface area contributed by atoms with Crippen LogP contribution in [0.25, 0.3) is 0 Å². The Hall–Kier alpha value is -0.740. The molecule has 1 saturated carbocycles. The van der Waals surface area contributed by atoms with Gasteiger partial charge in [-0.2, -0.15) is 0 Å². The first kappa shape index (κ1) is 10.4. The SMILES string of the molecule is NCC1(c2c(Br)ccc3c2OCO3)CCC1. The maximum absolute atomic E-state index is 5.95. The van der Waals surface area contributed by atoms with Crippen molar-refractivity contribution in [3.05, 3.63) is 22.2 Å². The number of fused-ring (bicyclic) bond motifs is 1. The standard InChI is InChI=1S/C12H14BrNO2/c13-8-2-3-9-11(16-7-15-9)10(8)12(6-14)4-1-5-12/h2-3H,1,4-7,14H2. The zero-order chi connectivity index (χ0) is 11.2. The van der Waals surface area contributed by atoms with Crippen LogP contribution in [0.1, 0.15) is 24.8 Å². The minimum Gasteiger partial charge on any atom is -0.454 e. The highest BCUT2D eigenvalue weighted by atomic mass is 79.9. The van der Waals surface area contributed by atoms with Crippen molar-refractivity contribution in [2.24, 2.45) is 5.73 Å². The molecule has 0 unspecified atom stereocenters. The van der Waals surface area contributed by atoms with Gasteiger partial charge in [-0.1, -0.05) is 22.4 Å². The Bertz CT molecular complexity index is 424. The lowest BCUT2D eigenvalue weighted by Gasteiger charge is -2.42. The van der Waals surface area contributed by atoms with Gasteiger partial charge in [0.05, 0.1) is 0 Å². The first-order valence-corrected chi connectivity index (χ1v) is 6.35. The van der Waals surface area contributed by atoms with Gasteiger partial charge in [0, 0.05) is 22.0 Å². The van der Waals surface area contributed by atoms with Crippen molar-refractivity contribution in [1.29, 1.82) is 0 Å². The third-order valence-corrected chi connectivity index (χ3v) is 4.38. The average molecular weight is 284 g/mol. The predicted molar refractivity (Wildman–Crippen MR) is 64.8 cm³/mol. The quantitative estimate of drug-likeness (QED) is 0.907. The van der Waals surface area contributed by atoms with Gasteiger partial charge in [0.2, 0.25) is 6.79 Å². The number of rotatable bonds is 2. The number of benzene rings is 1. The van der Waals surface area contributed by atoms with Crippen molar-refractivity contribution >= 4 is 15.9 Å². The molecule has 0 saturated heterocycles. The first-order valence-electron chi connectivity index (χ1n) is 5.55. The summed E-state index contributed by atoms with van der Waals surface area (Å²) in [5.41, 5.74) is 7.25. The molecular weight excluding hydrogens is 270 g/mol. The highest BCUT2D eigenvalue weighted by Gasteiger charge is 2.42. The second-order valence-electron chi connectivity index (χ2n) is 4.49. The molecule has 0 radical (unpaired) electrons. The van der Waals surface area contributed by atoms with Crippen LogP contribution in [0.15, 0.2) is 16.6 Å². The van der Waals surface area contributed by atoms with E-state index in [0.29, 0.717) is 13.3 Å². The molecule has 1 aromatic carbocycles. The lowest BCUT2D eigenvalue weighted by Crippen LogP contribution is -2.42. The Labute approximate surface area is 103 Å². The van der Waals surface area contributed by atoms with Gasteiger partial charge in [-0.3, -0.25) is 0 Å². The van der Waals surface area contributed by atoms with E-state index in [9.17, 15) is 0 Å². The van der Waals surface area contributed by atoms with Crippen LogP contribution in [0.3, 0.4) is 0 Å². The van der Waals surface area contributed by atoms with Gasteiger partial charge < -0.3 is 15.2 Å². The van der Waals surface area contributed by atoms with E-state index < -0.39 is 0 Å². The fraction of sp³-hybridized carbons (Fsp3) is 0.500. The van der Waals surface area contributed by atoms with Gasteiger partial charge >= 0.3 is 0 Å². The molecule has 1 heterocycles. The normalized spacial score (nSPS) is 20.6. The maximum Gasteiger partial charge on any atom is 0.231 e. The molecule has 0 aromatic heterocycles. The molecule has 4 heteroatoms. The molecule has 2 N–H and O–H groups in total. The summed E-state index contributed by atoms with van der Waals surface area (Å²) in [6, 6.07) is 3.97. The minimum atomic E-state index is 0.0951. The molecule has 0 bridgehead atoms. The number of ether oxygens (including phenoxy) is 2. The van der Waals surface area contributed by atoms with Crippen molar-refractivity contribution in [3.63, 3.8) is 0 Å². The smallest absolute Gasteiger partial charge is 0.231 e. The summed E-state index contributed by atoms with van der Waals surface area (Å²) in [6.07, 6.45) is 3.53. The second kappa shape index (κ2) is 3.64. The molecule has 1 fully saturated rings. The fourth-order valence-electron chi connectivity index (χ4n) is 2.60. The Kier molecular flexibility index (Phi) is 2.37. The van der Waals surface area contributed by atoms with E-state index in [1.807, 2.05) is 12.1 Å². The van der Waals surface area contributed by atoms with Gasteiger partial charge in [0.25, 0.3) is 0 Å². The van der Waals surface area contributed by atoms with Crippen LogP contribution in [0, 0.1) is 0 Å². The lowest BCUT2D eigenvalue weighted by atomic mass is 9.64. The van der Waals surface area contributed by atoms with Crippen molar-refractivity contribution in [2.45, 2.75) is 24.7 Å². The van der Waals surface area contributed by atoms with E-state index in [0.717, 1.165) is 28.8 Å². The van der Waals surface area contributed by atoms with Gasteiger partial charge in [-0.05, 0) is 25.0 Å². The summed E-state index contributed by atoms with van der Waals surface area (Å²) in [5, 5.41) is 0. The molecule has 3 nitrogen and oxygen atoms in total. The molecule has 0 amide bonds. The summed E-state index contributed by atoms with van der Waals surface area (Å²) in [4.78, 5) is 0. The molecule has 0 atom stereocenters. The summed E-state index contributed by atoms with van der Waals surface area (Å²) in [7, 11) is 0. The Balaban J connectivity index is 2.15. The van der Waals surface area contributed by atoms with Gasteiger partial charge in [0.15, 0.2) is 11.5 Å². The third-order valence-electron chi connectivity index (χ3n) is 3.72. The number of hydrogen-bond acceptors (Lipinski definition) is 3. The Morgan fingerprint density at radius 2 is 2.12 bits per heavy atom.